The second-order valence-corrected chi connectivity index (χ2v) is 12.7. The lowest BCUT2D eigenvalue weighted by Crippen LogP contribution is -2.38. The minimum Gasteiger partial charge on any atom is -0.454 e. The molecule has 228 valence electrons. The number of carbonyl (C=O) groups is 2. The van der Waals surface area contributed by atoms with Crippen molar-refractivity contribution in [1.82, 2.24) is 14.9 Å². The highest BCUT2D eigenvalue weighted by atomic mass is 32.2. The lowest BCUT2D eigenvalue weighted by atomic mass is 9.81. The third-order valence-corrected chi connectivity index (χ3v) is 9.92. The Morgan fingerprint density at radius 2 is 1.88 bits per heavy atom. The largest absolute Gasteiger partial charge is 0.454 e. The maximum Gasteiger partial charge on any atom is 0.262 e. The summed E-state index contributed by atoms with van der Waals surface area (Å²) in [4.78, 5) is 44.8. The topological polar surface area (TPSA) is 121 Å². The van der Waals surface area contributed by atoms with Crippen molar-refractivity contribution in [2.45, 2.75) is 74.9 Å². The van der Waals surface area contributed by atoms with E-state index in [9.17, 15) is 14.4 Å². The molecule has 0 unspecified atom stereocenters. The predicted octanol–water partition coefficient (Wildman–Crippen LogP) is 4.74. The van der Waals surface area contributed by atoms with Crippen molar-refractivity contribution in [3.63, 3.8) is 0 Å². The summed E-state index contributed by atoms with van der Waals surface area (Å²) < 4.78 is 18.2. The molecule has 1 aliphatic carbocycles. The summed E-state index contributed by atoms with van der Waals surface area (Å²) in [6.45, 7) is 3.97. The van der Waals surface area contributed by atoms with E-state index >= 15 is 0 Å². The number of nitrogens with zero attached hydrogens (tertiary/aromatic N) is 2. The molecule has 1 aromatic heterocycles. The van der Waals surface area contributed by atoms with E-state index in [1.807, 2.05) is 25.1 Å². The molecule has 0 spiro atoms. The Bertz CT molecular complexity index is 1530. The number of aromatic nitrogens is 2. The molecule has 3 aromatic rings. The molecule has 43 heavy (non-hydrogen) atoms. The Labute approximate surface area is 254 Å². The monoisotopic (exact) mass is 606 g/mol. The van der Waals surface area contributed by atoms with E-state index in [2.05, 4.69) is 10.6 Å². The summed E-state index contributed by atoms with van der Waals surface area (Å²) >= 11 is 1.32. The van der Waals surface area contributed by atoms with Crippen LogP contribution in [0.25, 0.3) is 10.9 Å². The Kier molecular flexibility index (Phi) is 9.18. The molecule has 2 fully saturated rings. The van der Waals surface area contributed by atoms with Crippen LogP contribution in [0, 0.1) is 11.8 Å². The number of para-hydroxylation sites is 1. The van der Waals surface area contributed by atoms with Gasteiger partial charge in [0.15, 0.2) is 16.7 Å². The van der Waals surface area contributed by atoms with Gasteiger partial charge in [-0.2, -0.15) is 0 Å². The maximum absolute atomic E-state index is 13.8. The molecule has 3 aliphatic rings. The summed E-state index contributed by atoms with van der Waals surface area (Å²) in [6.07, 6.45) is 6.02. The van der Waals surface area contributed by atoms with Gasteiger partial charge in [-0.25, -0.2) is 4.98 Å². The first-order chi connectivity index (χ1) is 21.0. The lowest BCUT2D eigenvalue weighted by Gasteiger charge is -2.29. The van der Waals surface area contributed by atoms with Gasteiger partial charge in [0.25, 0.3) is 5.56 Å². The van der Waals surface area contributed by atoms with E-state index < -0.39 is 5.25 Å². The van der Waals surface area contributed by atoms with Crippen molar-refractivity contribution in [1.29, 1.82) is 0 Å². The molecular weight excluding hydrogens is 568 g/mol. The minimum atomic E-state index is -0.465. The van der Waals surface area contributed by atoms with Crippen molar-refractivity contribution < 1.29 is 23.8 Å². The molecule has 6 rings (SSSR count). The zero-order chi connectivity index (χ0) is 29.8. The summed E-state index contributed by atoms with van der Waals surface area (Å²) in [6, 6.07) is 12.6. The number of nitrogens with one attached hydrogen (secondary N) is 2. The first-order valence-electron chi connectivity index (χ1n) is 15.2. The maximum atomic E-state index is 13.8. The molecule has 3 heterocycles. The summed E-state index contributed by atoms with van der Waals surface area (Å²) in [5, 5.41) is 6.70. The third kappa shape index (κ3) is 6.83. The van der Waals surface area contributed by atoms with Gasteiger partial charge in [-0.15, -0.1) is 0 Å². The Morgan fingerprint density at radius 3 is 2.67 bits per heavy atom. The van der Waals surface area contributed by atoms with Gasteiger partial charge in [-0.1, -0.05) is 30.8 Å². The zero-order valence-corrected chi connectivity index (χ0v) is 25.2. The van der Waals surface area contributed by atoms with Crippen molar-refractivity contribution in [3.05, 3.63) is 52.8 Å². The number of hydrogen-bond donors (Lipinski definition) is 2. The Morgan fingerprint density at radius 1 is 1.07 bits per heavy atom. The molecule has 11 heteroatoms. The number of hydrogen-bond acceptors (Lipinski definition) is 8. The number of rotatable bonds is 10. The van der Waals surface area contributed by atoms with Gasteiger partial charge in [-0.05, 0) is 75.1 Å². The van der Waals surface area contributed by atoms with E-state index in [0.29, 0.717) is 52.8 Å². The fourth-order valence-electron chi connectivity index (χ4n) is 6.07. The van der Waals surface area contributed by atoms with Crippen molar-refractivity contribution in [2.75, 3.05) is 25.3 Å². The smallest absolute Gasteiger partial charge is 0.262 e. The minimum absolute atomic E-state index is 0.0118. The number of fused-ring (bicyclic) bond motifs is 2. The van der Waals surface area contributed by atoms with Gasteiger partial charge in [0, 0.05) is 37.4 Å². The number of ether oxygens (including phenoxy) is 3. The molecule has 2 aromatic carbocycles. The zero-order valence-electron chi connectivity index (χ0n) is 24.4. The molecule has 2 amide bonds. The van der Waals surface area contributed by atoms with Crippen LogP contribution in [-0.2, 0) is 20.9 Å². The molecule has 2 aliphatic heterocycles. The third-order valence-electron chi connectivity index (χ3n) is 8.56. The second-order valence-electron chi connectivity index (χ2n) is 11.5. The van der Waals surface area contributed by atoms with Gasteiger partial charge in [0.1, 0.15) is 0 Å². The average molecular weight is 607 g/mol. The van der Waals surface area contributed by atoms with E-state index in [1.54, 1.807) is 28.8 Å². The second kappa shape index (κ2) is 13.4. The number of anilines is 1. The summed E-state index contributed by atoms with van der Waals surface area (Å²) in [7, 11) is 0. The molecule has 0 bridgehead atoms. The molecule has 10 nitrogen and oxygen atoms in total. The van der Waals surface area contributed by atoms with Crippen LogP contribution in [0.15, 0.2) is 52.4 Å². The number of amides is 2. The van der Waals surface area contributed by atoms with Gasteiger partial charge in [-0.3, -0.25) is 19.0 Å². The quantitative estimate of drug-likeness (QED) is 0.251. The standard InChI is InChI=1S/C32H38N4O6S/c1-2-28(30(38)34-22-13-14-26-27(16-22)42-19-41-26)43-32-35-25-8-4-3-7-24(25)31(39)36(32)18-20-9-11-21(12-10-20)29(37)33-17-23-6-5-15-40-23/h3-4,7-8,13-14,16,20-21,23,28H,2,5-6,9-12,15,17-19H2,1H3,(H,33,37)(H,34,38)/t20?,21?,23-,28-/m0/s1. The fourth-order valence-corrected chi connectivity index (χ4v) is 7.10. The highest BCUT2D eigenvalue weighted by molar-refractivity contribution is 8.00. The molecule has 2 atom stereocenters. The predicted molar refractivity (Wildman–Crippen MR) is 165 cm³/mol. The lowest BCUT2D eigenvalue weighted by molar-refractivity contribution is -0.126. The SMILES string of the molecule is CC[C@H](Sc1nc2ccccc2c(=O)n1CC1CCC(C(=O)NC[C@@H]2CCCO2)CC1)C(=O)Nc1ccc2c(c1)OCO2. The van der Waals surface area contributed by atoms with E-state index in [0.717, 1.165) is 45.1 Å². The van der Waals surface area contributed by atoms with E-state index in [1.165, 1.54) is 11.8 Å². The van der Waals surface area contributed by atoms with Gasteiger partial charge >= 0.3 is 0 Å². The van der Waals surface area contributed by atoms with Crippen LogP contribution in [0.2, 0.25) is 0 Å². The van der Waals surface area contributed by atoms with Crippen LogP contribution in [0.3, 0.4) is 0 Å². The Balaban J connectivity index is 1.14. The van der Waals surface area contributed by atoms with Crippen LogP contribution in [0.5, 0.6) is 11.5 Å². The molecule has 2 N–H and O–H groups in total. The van der Waals surface area contributed by atoms with Gasteiger partial charge in [0.2, 0.25) is 18.6 Å². The van der Waals surface area contributed by atoms with Crippen molar-refractivity contribution in [3.8, 4) is 11.5 Å². The normalized spacial score (nSPS) is 21.9. The van der Waals surface area contributed by atoms with Gasteiger partial charge in [0.05, 0.1) is 22.3 Å². The van der Waals surface area contributed by atoms with Crippen LogP contribution in [0.1, 0.15) is 51.9 Å². The van der Waals surface area contributed by atoms with Crippen molar-refractivity contribution in [2.24, 2.45) is 11.8 Å². The highest BCUT2D eigenvalue weighted by Gasteiger charge is 2.29. The van der Waals surface area contributed by atoms with Crippen LogP contribution in [-0.4, -0.2) is 52.7 Å². The molecule has 1 saturated carbocycles. The van der Waals surface area contributed by atoms with E-state index in [4.69, 9.17) is 19.2 Å². The van der Waals surface area contributed by atoms with Crippen molar-refractivity contribution >= 4 is 40.2 Å². The number of benzene rings is 2. The number of carbonyl (C=O) groups excluding carboxylic acids is 2. The van der Waals surface area contributed by atoms with Crippen LogP contribution >= 0.6 is 11.8 Å². The number of thioether (sulfide) groups is 1. The molecule has 1 saturated heterocycles. The molecular formula is C32H38N4O6S. The van der Waals surface area contributed by atoms with E-state index in [-0.39, 0.29) is 42.1 Å². The first kappa shape index (κ1) is 29.5. The Hall–Kier alpha value is -3.57. The highest BCUT2D eigenvalue weighted by Crippen LogP contribution is 2.35. The summed E-state index contributed by atoms with van der Waals surface area (Å²) in [5.41, 5.74) is 1.13. The van der Waals surface area contributed by atoms with Crippen LogP contribution < -0.4 is 25.7 Å². The van der Waals surface area contributed by atoms with Gasteiger partial charge < -0.3 is 24.8 Å². The average Bonchev–Trinajstić information content (AvgIpc) is 3.73. The summed E-state index contributed by atoms with van der Waals surface area (Å²) in [5.74, 6) is 1.41. The molecule has 0 radical (unpaired) electrons. The first-order valence-corrected chi connectivity index (χ1v) is 16.1. The van der Waals surface area contributed by atoms with Crippen LogP contribution in [0.4, 0.5) is 5.69 Å². The fraction of sp³-hybridized carbons (Fsp3) is 0.500.